The van der Waals surface area contributed by atoms with Crippen LogP contribution in [0.15, 0.2) is 42.6 Å². The van der Waals surface area contributed by atoms with E-state index in [0.717, 1.165) is 0 Å². The zero-order chi connectivity index (χ0) is 17.1. The van der Waals surface area contributed by atoms with E-state index < -0.39 is 5.97 Å². The third-order valence-electron chi connectivity index (χ3n) is 3.62. The Kier molecular flexibility index (Phi) is 4.33. The van der Waals surface area contributed by atoms with Crippen LogP contribution in [0.4, 0.5) is 0 Å². The van der Waals surface area contributed by atoms with Crippen molar-refractivity contribution in [2.75, 3.05) is 20.2 Å². The molecule has 0 fully saturated rings. The smallest absolute Gasteiger partial charge is 0.354 e. The molecule has 1 unspecified atom stereocenters. The Balaban J connectivity index is 1.63. The van der Waals surface area contributed by atoms with Crippen LogP contribution in [-0.2, 0) is 0 Å². The second-order valence-electron chi connectivity index (χ2n) is 5.42. The van der Waals surface area contributed by atoms with Gasteiger partial charge in [-0.2, -0.15) is 0 Å². The van der Waals surface area contributed by atoms with E-state index in [1.807, 2.05) is 24.3 Å². The first kappa shape index (κ1) is 15.8. The summed E-state index contributed by atoms with van der Waals surface area (Å²) >= 11 is 0. The van der Waals surface area contributed by atoms with Gasteiger partial charge in [-0.1, -0.05) is 12.1 Å². The fraction of sp³-hybridized carbons (Fsp3) is 0.235. The fourth-order valence-corrected chi connectivity index (χ4v) is 2.41. The molecule has 3 rings (SSSR count). The average Bonchev–Trinajstić information content (AvgIpc) is 2.61. The second-order valence-corrected chi connectivity index (χ2v) is 5.42. The third kappa shape index (κ3) is 3.29. The predicted octanol–water partition coefficient (Wildman–Crippen LogP) is 1.69. The Morgan fingerprint density at radius 2 is 2.00 bits per heavy atom. The lowest BCUT2D eigenvalue weighted by Gasteiger charge is -2.29. The number of nitrogens with zero attached hydrogens (tertiary/aromatic N) is 2. The molecule has 0 aliphatic carbocycles. The molecule has 0 spiro atoms. The van der Waals surface area contributed by atoms with Gasteiger partial charge in [0.2, 0.25) is 0 Å². The minimum absolute atomic E-state index is 0.102. The number of carboxylic acids is 1. The number of para-hydroxylation sites is 2. The summed E-state index contributed by atoms with van der Waals surface area (Å²) < 4.78 is 11.5. The third-order valence-corrected chi connectivity index (χ3v) is 3.62. The number of pyridine rings is 1. The summed E-state index contributed by atoms with van der Waals surface area (Å²) in [5.41, 5.74) is 0.217. The normalized spacial score (nSPS) is 15.6. The summed E-state index contributed by atoms with van der Waals surface area (Å²) in [5.74, 6) is -0.0473. The minimum Gasteiger partial charge on any atom is -0.486 e. The van der Waals surface area contributed by atoms with Crippen LogP contribution >= 0.6 is 0 Å². The van der Waals surface area contributed by atoms with Crippen molar-refractivity contribution in [3.63, 3.8) is 0 Å². The second kappa shape index (κ2) is 6.57. The predicted molar refractivity (Wildman–Crippen MR) is 84.5 cm³/mol. The molecule has 2 heterocycles. The molecular weight excluding hydrogens is 312 g/mol. The summed E-state index contributed by atoms with van der Waals surface area (Å²) in [6, 6.07) is 10.1. The van der Waals surface area contributed by atoms with Crippen LogP contribution in [0.25, 0.3) is 0 Å². The molecule has 1 atom stereocenters. The molecule has 0 bridgehead atoms. The Morgan fingerprint density at radius 1 is 1.25 bits per heavy atom. The molecule has 1 aliphatic heterocycles. The van der Waals surface area contributed by atoms with Crippen LogP contribution in [0.3, 0.4) is 0 Å². The number of aromatic nitrogens is 1. The lowest BCUT2D eigenvalue weighted by molar-refractivity contribution is 0.0520. The average molecular weight is 328 g/mol. The SMILES string of the molecule is CN(CC1COc2ccccc2O1)C(=O)c1ccc(C(=O)O)nc1. The van der Waals surface area contributed by atoms with Crippen LogP contribution in [-0.4, -0.2) is 53.2 Å². The molecule has 0 radical (unpaired) electrons. The van der Waals surface area contributed by atoms with Crippen LogP contribution < -0.4 is 9.47 Å². The molecule has 0 saturated carbocycles. The van der Waals surface area contributed by atoms with Crippen LogP contribution in [0.2, 0.25) is 0 Å². The number of hydrogen-bond acceptors (Lipinski definition) is 5. The minimum atomic E-state index is -1.13. The highest BCUT2D eigenvalue weighted by Crippen LogP contribution is 2.31. The van der Waals surface area contributed by atoms with E-state index >= 15 is 0 Å². The molecule has 2 aromatic rings. The van der Waals surface area contributed by atoms with Gasteiger partial charge in [-0.25, -0.2) is 9.78 Å². The Morgan fingerprint density at radius 3 is 2.67 bits per heavy atom. The Hall–Kier alpha value is -3.09. The number of carboxylic acid groups (broad SMARTS) is 1. The maximum atomic E-state index is 12.4. The number of likely N-dealkylation sites (N-methyl/N-ethyl adjacent to an activating group) is 1. The van der Waals surface area contributed by atoms with E-state index in [1.54, 1.807) is 7.05 Å². The fourth-order valence-electron chi connectivity index (χ4n) is 2.41. The highest BCUT2D eigenvalue weighted by Gasteiger charge is 2.24. The molecule has 1 amide bonds. The van der Waals surface area contributed by atoms with Crippen LogP contribution in [0.1, 0.15) is 20.8 Å². The van der Waals surface area contributed by atoms with Crippen LogP contribution in [0.5, 0.6) is 11.5 Å². The highest BCUT2D eigenvalue weighted by atomic mass is 16.6. The quantitative estimate of drug-likeness (QED) is 0.919. The van der Waals surface area contributed by atoms with Gasteiger partial charge >= 0.3 is 5.97 Å². The highest BCUT2D eigenvalue weighted by molar-refractivity contribution is 5.94. The van der Waals surface area contributed by atoms with E-state index in [9.17, 15) is 9.59 Å². The topological polar surface area (TPSA) is 89.0 Å². The van der Waals surface area contributed by atoms with Gasteiger partial charge < -0.3 is 19.5 Å². The molecule has 7 nitrogen and oxygen atoms in total. The Labute approximate surface area is 138 Å². The summed E-state index contributed by atoms with van der Waals surface area (Å²) in [7, 11) is 1.65. The summed E-state index contributed by atoms with van der Waals surface area (Å²) in [4.78, 5) is 28.4. The summed E-state index contributed by atoms with van der Waals surface area (Å²) in [6.07, 6.45) is 0.982. The zero-order valence-electron chi connectivity index (χ0n) is 13.0. The number of amides is 1. The van der Waals surface area contributed by atoms with E-state index in [4.69, 9.17) is 14.6 Å². The first-order valence-electron chi connectivity index (χ1n) is 7.38. The van der Waals surface area contributed by atoms with Gasteiger partial charge in [0, 0.05) is 13.2 Å². The van der Waals surface area contributed by atoms with Gasteiger partial charge in [0.15, 0.2) is 17.6 Å². The van der Waals surface area contributed by atoms with E-state index in [1.165, 1.54) is 23.2 Å². The van der Waals surface area contributed by atoms with Crippen molar-refractivity contribution in [3.05, 3.63) is 53.9 Å². The van der Waals surface area contributed by atoms with E-state index in [-0.39, 0.29) is 17.7 Å². The van der Waals surface area contributed by atoms with Crippen molar-refractivity contribution in [2.24, 2.45) is 0 Å². The lowest BCUT2D eigenvalue weighted by atomic mass is 10.2. The molecule has 1 aromatic heterocycles. The Bertz CT molecular complexity index is 760. The van der Waals surface area contributed by atoms with Crippen LogP contribution in [0, 0.1) is 0 Å². The first-order valence-corrected chi connectivity index (χ1v) is 7.38. The van der Waals surface area contributed by atoms with Gasteiger partial charge in [-0.15, -0.1) is 0 Å². The molecule has 7 heteroatoms. The number of carbonyl (C=O) groups excluding carboxylic acids is 1. The van der Waals surface area contributed by atoms with Crippen molar-refractivity contribution in [1.29, 1.82) is 0 Å². The molecule has 124 valence electrons. The van der Waals surface area contributed by atoms with Crippen molar-refractivity contribution < 1.29 is 24.2 Å². The van der Waals surface area contributed by atoms with Crippen molar-refractivity contribution in [3.8, 4) is 11.5 Å². The number of benzene rings is 1. The molecule has 1 N–H and O–H groups in total. The first-order chi connectivity index (χ1) is 11.5. The molecule has 24 heavy (non-hydrogen) atoms. The monoisotopic (exact) mass is 328 g/mol. The maximum Gasteiger partial charge on any atom is 0.354 e. The molecular formula is C17H16N2O5. The number of aromatic carboxylic acids is 1. The maximum absolute atomic E-state index is 12.4. The number of hydrogen-bond donors (Lipinski definition) is 1. The van der Waals surface area contributed by atoms with Crippen molar-refractivity contribution in [1.82, 2.24) is 9.88 Å². The molecule has 1 aromatic carbocycles. The molecule has 0 saturated heterocycles. The lowest BCUT2D eigenvalue weighted by Crippen LogP contribution is -2.41. The van der Waals surface area contributed by atoms with Gasteiger partial charge in [-0.05, 0) is 24.3 Å². The molecule has 1 aliphatic rings. The van der Waals surface area contributed by atoms with Gasteiger partial charge in [-0.3, -0.25) is 4.79 Å². The van der Waals surface area contributed by atoms with E-state index in [0.29, 0.717) is 30.2 Å². The van der Waals surface area contributed by atoms with Crippen molar-refractivity contribution in [2.45, 2.75) is 6.10 Å². The van der Waals surface area contributed by atoms with Gasteiger partial charge in [0.1, 0.15) is 12.3 Å². The summed E-state index contributed by atoms with van der Waals surface area (Å²) in [5, 5.41) is 8.83. The number of ether oxygens (including phenoxy) is 2. The standard InChI is InChI=1S/C17H16N2O5/c1-19(16(20)11-6-7-13(17(21)22)18-8-11)9-12-10-23-14-4-2-3-5-15(14)24-12/h2-8,12H,9-10H2,1H3,(H,21,22). The van der Waals surface area contributed by atoms with Crippen molar-refractivity contribution >= 4 is 11.9 Å². The number of fused-ring (bicyclic) bond motifs is 1. The summed E-state index contributed by atoms with van der Waals surface area (Å²) in [6.45, 7) is 0.693. The van der Waals surface area contributed by atoms with Gasteiger partial charge in [0.05, 0.1) is 12.1 Å². The van der Waals surface area contributed by atoms with E-state index in [2.05, 4.69) is 4.98 Å². The number of rotatable bonds is 4. The largest absolute Gasteiger partial charge is 0.486 e. The van der Waals surface area contributed by atoms with Gasteiger partial charge in [0.25, 0.3) is 5.91 Å². The number of carbonyl (C=O) groups is 2. The zero-order valence-corrected chi connectivity index (χ0v) is 13.0.